The molecule has 6 heteroatoms. The molecule has 0 bridgehead atoms. The number of hydrogen-bond acceptors (Lipinski definition) is 6. The third-order valence-electron chi connectivity index (χ3n) is 2.99. The number of thiazole rings is 2. The van der Waals surface area contributed by atoms with Crippen LogP contribution in [0, 0.1) is 13.8 Å². The Bertz CT molecular complexity index is 764. The maximum Gasteiger partial charge on any atom is 0.187 e. The Morgan fingerprint density at radius 3 is 2.67 bits per heavy atom. The molecule has 0 saturated heterocycles. The molecule has 0 aliphatic heterocycles. The van der Waals surface area contributed by atoms with Crippen molar-refractivity contribution in [1.29, 1.82) is 0 Å². The number of nitrogens with zero attached hydrogens (tertiary/aromatic N) is 2. The van der Waals surface area contributed by atoms with E-state index in [0.717, 1.165) is 37.8 Å². The van der Waals surface area contributed by atoms with E-state index >= 15 is 0 Å². The van der Waals surface area contributed by atoms with Crippen LogP contribution in [0.4, 0.5) is 10.8 Å². The first kappa shape index (κ1) is 14.0. The number of anilines is 2. The molecule has 0 unspecified atom stereocenters. The molecule has 0 amide bonds. The SMILES string of the molecule is COc1ccccc1Nc1nc(-c2sc(C)nc2C)cs1. The Hall–Kier alpha value is -1.92. The van der Waals surface area contributed by atoms with Crippen molar-refractivity contribution >= 4 is 33.5 Å². The first-order valence-electron chi connectivity index (χ1n) is 6.47. The predicted molar refractivity (Wildman–Crippen MR) is 89.0 cm³/mol. The normalized spacial score (nSPS) is 10.6. The van der Waals surface area contributed by atoms with E-state index in [-0.39, 0.29) is 0 Å². The molecule has 3 rings (SSSR count). The quantitative estimate of drug-likeness (QED) is 0.762. The third kappa shape index (κ3) is 2.91. The minimum Gasteiger partial charge on any atom is -0.495 e. The van der Waals surface area contributed by atoms with Gasteiger partial charge in [0.05, 0.1) is 34.1 Å². The van der Waals surface area contributed by atoms with Crippen LogP contribution in [0.5, 0.6) is 5.75 Å². The van der Waals surface area contributed by atoms with Gasteiger partial charge in [-0.05, 0) is 26.0 Å². The van der Waals surface area contributed by atoms with Crippen LogP contribution < -0.4 is 10.1 Å². The Morgan fingerprint density at radius 2 is 1.95 bits per heavy atom. The number of methoxy groups -OCH3 is 1. The van der Waals surface area contributed by atoms with Gasteiger partial charge in [-0.3, -0.25) is 0 Å². The molecule has 108 valence electrons. The number of ether oxygens (including phenoxy) is 1. The van der Waals surface area contributed by atoms with E-state index in [2.05, 4.69) is 20.7 Å². The molecule has 1 aromatic carbocycles. The van der Waals surface area contributed by atoms with E-state index in [9.17, 15) is 0 Å². The summed E-state index contributed by atoms with van der Waals surface area (Å²) in [6.45, 7) is 4.03. The maximum atomic E-state index is 5.34. The summed E-state index contributed by atoms with van der Waals surface area (Å²) < 4.78 is 5.34. The Kier molecular flexibility index (Phi) is 3.90. The van der Waals surface area contributed by atoms with Gasteiger partial charge in [0.15, 0.2) is 5.13 Å². The van der Waals surface area contributed by atoms with Gasteiger partial charge in [-0.1, -0.05) is 12.1 Å². The zero-order valence-corrected chi connectivity index (χ0v) is 13.6. The van der Waals surface area contributed by atoms with Crippen molar-refractivity contribution in [1.82, 2.24) is 9.97 Å². The van der Waals surface area contributed by atoms with Gasteiger partial charge in [-0.2, -0.15) is 0 Å². The van der Waals surface area contributed by atoms with Crippen LogP contribution in [0.3, 0.4) is 0 Å². The molecule has 0 aliphatic rings. The summed E-state index contributed by atoms with van der Waals surface area (Å²) >= 11 is 3.25. The van der Waals surface area contributed by atoms with Gasteiger partial charge >= 0.3 is 0 Å². The van der Waals surface area contributed by atoms with E-state index in [1.54, 1.807) is 29.8 Å². The van der Waals surface area contributed by atoms with Gasteiger partial charge in [0.1, 0.15) is 5.75 Å². The molecule has 0 saturated carbocycles. The highest BCUT2D eigenvalue weighted by molar-refractivity contribution is 7.16. The molecule has 4 nitrogen and oxygen atoms in total. The lowest BCUT2D eigenvalue weighted by Crippen LogP contribution is -1.93. The summed E-state index contributed by atoms with van der Waals surface area (Å²) in [5.74, 6) is 0.805. The number of para-hydroxylation sites is 2. The molecule has 0 aliphatic carbocycles. The smallest absolute Gasteiger partial charge is 0.187 e. The first-order chi connectivity index (χ1) is 10.2. The van der Waals surface area contributed by atoms with Crippen LogP contribution in [0.1, 0.15) is 10.7 Å². The van der Waals surface area contributed by atoms with Crippen molar-refractivity contribution in [3.63, 3.8) is 0 Å². The van der Waals surface area contributed by atoms with E-state index in [1.165, 1.54) is 0 Å². The highest BCUT2D eigenvalue weighted by atomic mass is 32.1. The highest BCUT2D eigenvalue weighted by Gasteiger charge is 2.12. The summed E-state index contributed by atoms with van der Waals surface area (Å²) in [4.78, 5) is 10.2. The predicted octanol–water partition coefficient (Wildman–Crippen LogP) is 4.64. The largest absolute Gasteiger partial charge is 0.495 e. The van der Waals surface area contributed by atoms with Crippen molar-refractivity contribution in [3.8, 4) is 16.3 Å². The van der Waals surface area contributed by atoms with Crippen molar-refractivity contribution in [3.05, 3.63) is 40.3 Å². The van der Waals surface area contributed by atoms with Crippen LogP contribution in [0.2, 0.25) is 0 Å². The van der Waals surface area contributed by atoms with Gasteiger partial charge in [-0.15, -0.1) is 22.7 Å². The lowest BCUT2D eigenvalue weighted by atomic mass is 10.3. The lowest BCUT2D eigenvalue weighted by Gasteiger charge is -2.07. The molecule has 0 atom stereocenters. The van der Waals surface area contributed by atoms with E-state index in [4.69, 9.17) is 4.74 Å². The minimum atomic E-state index is 0.805. The minimum absolute atomic E-state index is 0.805. The second kappa shape index (κ2) is 5.83. The summed E-state index contributed by atoms with van der Waals surface area (Å²) in [6.07, 6.45) is 0. The molecular formula is C15H15N3OS2. The van der Waals surface area contributed by atoms with Crippen LogP contribution in [-0.4, -0.2) is 17.1 Å². The molecule has 3 aromatic rings. The number of hydrogen-bond donors (Lipinski definition) is 1. The van der Waals surface area contributed by atoms with Crippen molar-refractivity contribution < 1.29 is 4.74 Å². The maximum absolute atomic E-state index is 5.34. The van der Waals surface area contributed by atoms with E-state index in [1.807, 2.05) is 38.1 Å². The fourth-order valence-electron chi connectivity index (χ4n) is 2.07. The second-order valence-corrected chi connectivity index (χ2v) is 6.57. The van der Waals surface area contributed by atoms with Gasteiger partial charge in [0.25, 0.3) is 0 Å². The Morgan fingerprint density at radius 1 is 1.14 bits per heavy atom. The average Bonchev–Trinajstić information content (AvgIpc) is 3.06. The molecule has 2 heterocycles. The van der Waals surface area contributed by atoms with Crippen LogP contribution in [-0.2, 0) is 0 Å². The van der Waals surface area contributed by atoms with Crippen molar-refractivity contribution in [2.75, 3.05) is 12.4 Å². The topological polar surface area (TPSA) is 47.0 Å². The zero-order chi connectivity index (χ0) is 14.8. The second-order valence-electron chi connectivity index (χ2n) is 4.51. The fourth-order valence-corrected chi connectivity index (χ4v) is 3.74. The number of aryl methyl sites for hydroxylation is 2. The lowest BCUT2D eigenvalue weighted by molar-refractivity contribution is 0.417. The third-order valence-corrected chi connectivity index (χ3v) is 4.84. The van der Waals surface area contributed by atoms with Crippen LogP contribution >= 0.6 is 22.7 Å². The Balaban J connectivity index is 1.87. The number of rotatable bonds is 4. The van der Waals surface area contributed by atoms with Crippen molar-refractivity contribution in [2.45, 2.75) is 13.8 Å². The molecule has 21 heavy (non-hydrogen) atoms. The highest BCUT2D eigenvalue weighted by Crippen LogP contribution is 2.34. The first-order valence-corrected chi connectivity index (χ1v) is 8.17. The number of nitrogens with one attached hydrogen (secondary N) is 1. The molecule has 2 aromatic heterocycles. The molecule has 0 spiro atoms. The number of benzene rings is 1. The standard InChI is InChI=1S/C15H15N3OS2/c1-9-14(21-10(2)16-9)12-8-20-15(18-12)17-11-6-4-5-7-13(11)19-3/h4-8H,1-3H3,(H,17,18). The van der Waals surface area contributed by atoms with Crippen LogP contribution in [0.15, 0.2) is 29.6 Å². The average molecular weight is 317 g/mol. The van der Waals surface area contributed by atoms with E-state index < -0.39 is 0 Å². The Labute approximate surface area is 131 Å². The monoisotopic (exact) mass is 317 g/mol. The molecule has 1 N–H and O–H groups in total. The fraction of sp³-hybridized carbons (Fsp3) is 0.200. The van der Waals surface area contributed by atoms with Gasteiger partial charge in [0, 0.05) is 5.38 Å². The van der Waals surface area contributed by atoms with Crippen LogP contribution in [0.25, 0.3) is 10.6 Å². The van der Waals surface area contributed by atoms with Gasteiger partial charge < -0.3 is 10.1 Å². The van der Waals surface area contributed by atoms with E-state index in [0.29, 0.717) is 0 Å². The molecule has 0 radical (unpaired) electrons. The van der Waals surface area contributed by atoms with Gasteiger partial charge in [-0.25, -0.2) is 9.97 Å². The summed E-state index contributed by atoms with van der Waals surface area (Å²) in [6, 6.07) is 7.81. The molecule has 0 fully saturated rings. The number of aromatic nitrogens is 2. The summed E-state index contributed by atoms with van der Waals surface area (Å²) in [7, 11) is 1.66. The molecular weight excluding hydrogens is 302 g/mol. The van der Waals surface area contributed by atoms with Gasteiger partial charge in [0.2, 0.25) is 0 Å². The summed E-state index contributed by atoms with van der Waals surface area (Å²) in [5.41, 5.74) is 2.92. The summed E-state index contributed by atoms with van der Waals surface area (Å²) in [5, 5.41) is 7.27. The zero-order valence-electron chi connectivity index (χ0n) is 12.0. The van der Waals surface area contributed by atoms with Crippen molar-refractivity contribution in [2.24, 2.45) is 0 Å².